The van der Waals surface area contributed by atoms with E-state index < -0.39 is 12.1 Å². The van der Waals surface area contributed by atoms with E-state index in [1.807, 2.05) is 36.4 Å². The Bertz CT molecular complexity index is 1020. The molecule has 0 saturated heterocycles. The number of aryl methyl sites for hydroxylation is 2. The van der Waals surface area contributed by atoms with Gasteiger partial charge in [0.25, 0.3) is 0 Å². The lowest BCUT2D eigenvalue weighted by molar-refractivity contribution is 0.0319. The molecule has 5 nitrogen and oxygen atoms in total. The predicted octanol–water partition coefficient (Wildman–Crippen LogP) is 4.81. The van der Waals surface area contributed by atoms with E-state index in [1.54, 1.807) is 31.4 Å². The second-order valence-corrected chi connectivity index (χ2v) is 7.23. The average molecular weight is 389 g/mol. The Morgan fingerprint density at radius 3 is 2.72 bits per heavy atom. The molecule has 1 aliphatic carbocycles. The van der Waals surface area contributed by atoms with E-state index >= 15 is 0 Å². The molecule has 1 N–H and O–H groups in total. The van der Waals surface area contributed by atoms with Crippen LogP contribution in [-0.2, 0) is 24.1 Å². The number of Topliss-reactive ketones (excluding diaryl/α,β-unsaturated/α-hetero) is 1. The van der Waals surface area contributed by atoms with Crippen molar-refractivity contribution in [1.82, 2.24) is 0 Å². The predicted molar refractivity (Wildman–Crippen MR) is 110 cm³/mol. The first-order valence-electron chi connectivity index (χ1n) is 9.84. The van der Waals surface area contributed by atoms with Gasteiger partial charge in [-0.05, 0) is 67.6 Å². The van der Waals surface area contributed by atoms with Gasteiger partial charge in [0.15, 0.2) is 6.10 Å². The maximum atomic E-state index is 12.8. The Kier molecular flexibility index (Phi) is 5.47. The minimum absolute atomic E-state index is 0.186. The van der Waals surface area contributed by atoms with Crippen molar-refractivity contribution in [2.45, 2.75) is 38.8 Å². The molecule has 1 heterocycles. The molecule has 0 radical (unpaired) electrons. The zero-order valence-electron chi connectivity index (χ0n) is 16.3. The summed E-state index contributed by atoms with van der Waals surface area (Å²) in [5.41, 5.74) is 4.14. The lowest BCUT2D eigenvalue weighted by Gasteiger charge is -2.15. The molecule has 29 heavy (non-hydrogen) atoms. The molecule has 0 aliphatic heterocycles. The molecule has 1 aliphatic rings. The number of furan rings is 1. The van der Waals surface area contributed by atoms with Gasteiger partial charge in [0, 0.05) is 11.3 Å². The van der Waals surface area contributed by atoms with Crippen molar-refractivity contribution in [2.75, 3.05) is 5.32 Å². The molecule has 4 rings (SSSR count). The Morgan fingerprint density at radius 2 is 1.90 bits per heavy atom. The molecule has 2 aromatic carbocycles. The van der Waals surface area contributed by atoms with Crippen LogP contribution in [0, 0.1) is 0 Å². The molecule has 1 aromatic heterocycles. The van der Waals surface area contributed by atoms with Crippen molar-refractivity contribution in [1.29, 1.82) is 0 Å². The smallest absolute Gasteiger partial charge is 0.340 e. The van der Waals surface area contributed by atoms with Crippen LogP contribution in [0.2, 0.25) is 0 Å². The highest BCUT2D eigenvalue weighted by Gasteiger charge is 2.23. The van der Waals surface area contributed by atoms with Gasteiger partial charge < -0.3 is 14.5 Å². The van der Waals surface area contributed by atoms with E-state index in [9.17, 15) is 9.59 Å². The first-order valence-corrected chi connectivity index (χ1v) is 9.84. The monoisotopic (exact) mass is 389 g/mol. The van der Waals surface area contributed by atoms with Gasteiger partial charge in [0.1, 0.15) is 5.76 Å². The Balaban J connectivity index is 1.44. The van der Waals surface area contributed by atoms with Crippen LogP contribution >= 0.6 is 0 Å². The number of rotatable bonds is 7. The first-order chi connectivity index (χ1) is 14.1. The third kappa shape index (κ3) is 4.24. The minimum Gasteiger partial charge on any atom is -0.467 e. The average Bonchev–Trinajstić information content (AvgIpc) is 3.43. The number of para-hydroxylation sites is 1. The summed E-state index contributed by atoms with van der Waals surface area (Å²) in [5, 5.41) is 3.18. The Hall–Kier alpha value is -3.34. The number of fused-ring (bicyclic) bond motifs is 1. The summed E-state index contributed by atoms with van der Waals surface area (Å²) in [7, 11) is 0. The second kappa shape index (κ2) is 8.35. The normalized spacial score (nSPS) is 13.6. The number of hydrogen-bond donors (Lipinski definition) is 1. The molecule has 0 saturated carbocycles. The largest absolute Gasteiger partial charge is 0.467 e. The van der Waals surface area contributed by atoms with Gasteiger partial charge in [-0.25, -0.2) is 4.79 Å². The molecule has 0 amide bonds. The van der Waals surface area contributed by atoms with Crippen LogP contribution in [0.3, 0.4) is 0 Å². The van der Waals surface area contributed by atoms with Gasteiger partial charge in [-0.3, -0.25) is 4.79 Å². The number of esters is 1. The summed E-state index contributed by atoms with van der Waals surface area (Å²) in [5.74, 6) is 0.0388. The highest BCUT2D eigenvalue weighted by Crippen LogP contribution is 2.24. The fourth-order valence-corrected chi connectivity index (χ4v) is 3.65. The van der Waals surface area contributed by atoms with E-state index in [4.69, 9.17) is 9.15 Å². The number of nitrogens with one attached hydrogen (secondary N) is 1. The fraction of sp³-hybridized carbons (Fsp3) is 0.250. The van der Waals surface area contributed by atoms with Crippen molar-refractivity contribution in [3.63, 3.8) is 0 Å². The van der Waals surface area contributed by atoms with E-state index in [-0.39, 0.29) is 5.78 Å². The SMILES string of the molecule is C[C@H](OC(=O)c1ccccc1NCc1ccco1)C(=O)c1ccc2c(c1)CCC2. The molecule has 0 unspecified atom stereocenters. The van der Waals surface area contributed by atoms with Crippen LogP contribution in [0.1, 0.15) is 50.9 Å². The van der Waals surface area contributed by atoms with Crippen molar-refractivity contribution in [3.8, 4) is 0 Å². The molecule has 0 fully saturated rings. The summed E-state index contributed by atoms with van der Waals surface area (Å²) < 4.78 is 10.8. The Morgan fingerprint density at radius 1 is 1.07 bits per heavy atom. The zero-order chi connectivity index (χ0) is 20.2. The van der Waals surface area contributed by atoms with Gasteiger partial charge in [0.2, 0.25) is 5.78 Å². The first kappa shape index (κ1) is 19.0. The lowest BCUT2D eigenvalue weighted by Crippen LogP contribution is -2.25. The number of ketones is 1. The molecular formula is C24H23NO4. The number of hydrogen-bond acceptors (Lipinski definition) is 5. The van der Waals surface area contributed by atoms with E-state index in [1.165, 1.54) is 11.1 Å². The molecule has 3 aromatic rings. The van der Waals surface area contributed by atoms with Crippen molar-refractivity contribution in [3.05, 3.63) is 88.9 Å². The molecule has 0 spiro atoms. The third-order valence-electron chi connectivity index (χ3n) is 5.22. The topological polar surface area (TPSA) is 68.5 Å². The van der Waals surface area contributed by atoms with Gasteiger partial charge in [0.05, 0.1) is 18.4 Å². The highest BCUT2D eigenvalue weighted by atomic mass is 16.5. The molecular weight excluding hydrogens is 366 g/mol. The summed E-state index contributed by atoms with van der Waals surface area (Å²) in [6, 6.07) is 16.5. The van der Waals surface area contributed by atoms with Crippen LogP contribution in [-0.4, -0.2) is 17.9 Å². The lowest BCUT2D eigenvalue weighted by atomic mass is 10.0. The van der Waals surface area contributed by atoms with Crippen molar-refractivity contribution < 1.29 is 18.7 Å². The number of carbonyl (C=O) groups excluding carboxylic acids is 2. The van der Waals surface area contributed by atoms with Crippen LogP contribution in [0.5, 0.6) is 0 Å². The summed E-state index contributed by atoms with van der Waals surface area (Å²) >= 11 is 0. The molecule has 0 bridgehead atoms. The molecule has 1 atom stereocenters. The third-order valence-corrected chi connectivity index (χ3v) is 5.22. The summed E-state index contributed by atoms with van der Waals surface area (Å²) in [6.45, 7) is 2.06. The summed E-state index contributed by atoms with van der Waals surface area (Å²) in [4.78, 5) is 25.5. The second-order valence-electron chi connectivity index (χ2n) is 7.23. The van der Waals surface area contributed by atoms with E-state index in [0.717, 1.165) is 25.0 Å². The van der Waals surface area contributed by atoms with Gasteiger partial charge in [-0.2, -0.15) is 0 Å². The molecule has 5 heteroatoms. The van der Waals surface area contributed by atoms with Crippen LogP contribution in [0.25, 0.3) is 0 Å². The van der Waals surface area contributed by atoms with Gasteiger partial charge in [-0.1, -0.05) is 24.3 Å². The van der Waals surface area contributed by atoms with Crippen LogP contribution < -0.4 is 5.32 Å². The maximum Gasteiger partial charge on any atom is 0.340 e. The number of carbonyl (C=O) groups is 2. The minimum atomic E-state index is -0.861. The summed E-state index contributed by atoms with van der Waals surface area (Å²) in [6.07, 6.45) is 3.93. The van der Waals surface area contributed by atoms with Crippen LogP contribution in [0.15, 0.2) is 65.3 Å². The zero-order valence-corrected chi connectivity index (χ0v) is 16.3. The van der Waals surface area contributed by atoms with Gasteiger partial charge in [-0.15, -0.1) is 0 Å². The number of benzene rings is 2. The quantitative estimate of drug-likeness (QED) is 0.464. The van der Waals surface area contributed by atoms with Crippen molar-refractivity contribution in [2.24, 2.45) is 0 Å². The standard InChI is InChI=1S/C24H23NO4/c1-16(23(26)19-12-11-17-6-4-7-18(17)14-19)29-24(27)21-9-2-3-10-22(21)25-15-20-8-5-13-28-20/h2-3,5,8-14,16,25H,4,6-7,15H2,1H3/t16-/m0/s1. The molecule has 148 valence electrons. The van der Waals surface area contributed by atoms with E-state index in [0.29, 0.717) is 23.4 Å². The number of anilines is 1. The van der Waals surface area contributed by atoms with Crippen LogP contribution in [0.4, 0.5) is 5.69 Å². The highest BCUT2D eigenvalue weighted by molar-refractivity contribution is 6.02. The fourth-order valence-electron chi connectivity index (χ4n) is 3.65. The Labute approximate surface area is 169 Å². The maximum absolute atomic E-state index is 12.8. The number of ether oxygens (including phenoxy) is 1. The van der Waals surface area contributed by atoms with E-state index in [2.05, 4.69) is 5.32 Å². The van der Waals surface area contributed by atoms with Crippen molar-refractivity contribution >= 4 is 17.4 Å². The van der Waals surface area contributed by atoms with Gasteiger partial charge >= 0.3 is 5.97 Å².